The summed E-state index contributed by atoms with van der Waals surface area (Å²) in [6, 6.07) is 4.19. The van der Waals surface area contributed by atoms with Crippen molar-refractivity contribution >= 4 is 17.2 Å². The van der Waals surface area contributed by atoms with Gasteiger partial charge in [-0.05, 0) is 30.8 Å². The minimum absolute atomic E-state index is 0.0543. The summed E-state index contributed by atoms with van der Waals surface area (Å²) in [7, 11) is 3.95. The summed E-state index contributed by atoms with van der Waals surface area (Å²) in [5.74, 6) is -0.272. The molecule has 0 spiro atoms. The highest BCUT2D eigenvalue weighted by Crippen LogP contribution is 2.22. The number of H-pyrrole nitrogens is 1. The van der Waals surface area contributed by atoms with E-state index in [2.05, 4.69) is 36.9 Å². The molecule has 0 aromatic carbocycles. The topological polar surface area (TPSA) is 86.8 Å². The number of thiophene rings is 1. The summed E-state index contributed by atoms with van der Waals surface area (Å²) >= 11 is 1.67. The van der Waals surface area contributed by atoms with Gasteiger partial charge in [0.2, 0.25) is 0 Å². The quantitative estimate of drug-likeness (QED) is 0.812. The van der Waals surface area contributed by atoms with Gasteiger partial charge in [0.05, 0.1) is 6.04 Å². The third kappa shape index (κ3) is 2.90. The van der Waals surface area contributed by atoms with Crippen LogP contribution in [0.25, 0.3) is 0 Å². The molecule has 8 heteroatoms. The zero-order valence-corrected chi connectivity index (χ0v) is 10.9. The molecule has 0 aliphatic rings. The van der Waals surface area contributed by atoms with Gasteiger partial charge in [-0.1, -0.05) is 6.07 Å². The predicted molar refractivity (Wildman–Crippen MR) is 67.3 cm³/mol. The number of amides is 1. The lowest BCUT2D eigenvalue weighted by molar-refractivity contribution is 0.0932. The maximum atomic E-state index is 11.7. The van der Waals surface area contributed by atoms with E-state index in [4.69, 9.17) is 0 Å². The van der Waals surface area contributed by atoms with Gasteiger partial charge in [-0.2, -0.15) is 5.21 Å². The molecule has 2 rings (SSSR count). The highest BCUT2D eigenvalue weighted by atomic mass is 32.1. The summed E-state index contributed by atoms with van der Waals surface area (Å²) in [6.07, 6.45) is 0. The van der Waals surface area contributed by atoms with Crippen LogP contribution in [0.1, 0.15) is 21.5 Å². The molecule has 1 unspecified atom stereocenters. The van der Waals surface area contributed by atoms with E-state index in [-0.39, 0.29) is 17.8 Å². The van der Waals surface area contributed by atoms with E-state index in [0.717, 1.165) is 0 Å². The first-order valence-corrected chi connectivity index (χ1v) is 6.28. The SMILES string of the molecule is CN(C)C(CNC(=O)c1nn[nH]n1)c1cccs1. The first kappa shape index (κ1) is 12.7. The van der Waals surface area contributed by atoms with E-state index < -0.39 is 0 Å². The van der Waals surface area contributed by atoms with Crippen molar-refractivity contribution in [2.24, 2.45) is 0 Å². The zero-order chi connectivity index (χ0) is 13.0. The van der Waals surface area contributed by atoms with Crippen molar-refractivity contribution < 1.29 is 4.79 Å². The molecular weight excluding hydrogens is 252 g/mol. The summed E-state index contributed by atoms with van der Waals surface area (Å²) in [4.78, 5) is 15.0. The number of hydrogen-bond donors (Lipinski definition) is 2. The molecule has 1 amide bonds. The van der Waals surface area contributed by atoms with Crippen LogP contribution in [0.4, 0.5) is 0 Å². The molecule has 0 saturated carbocycles. The van der Waals surface area contributed by atoms with Gasteiger partial charge >= 0.3 is 0 Å². The van der Waals surface area contributed by atoms with Crippen LogP contribution in [0.3, 0.4) is 0 Å². The minimum Gasteiger partial charge on any atom is -0.347 e. The Kier molecular flexibility index (Phi) is 4.00. The van der Waals surface area contributed by atoms with Gasteiger partial charge in [0.25, 0.3) is 11.7 Å². The monoisotopic (exact) mass is 266 g/mol. The Bertz CT molecular complexity index is 480. The van der Waals surface area contributed by atoms with Crippen LogP contribution in [0, 0.1) is 0 Å². The highest BCUT2D eigenvalue weighted by Gasteiger charge is 2.18. The van der Waals surface area contributed by atoms with E-state index in [0.29, 0.717) is 6.54 Å². The molecule has 2 heterocycles. The summed E-state index contributed by atoms with van der Waals surface area (Å²) in [5.41, 5.74) is 0. The normalized spacial score (nSPS) is 12.6. The largest absolute Gasteiger partial charge is 0.347 e. The van der Waals surface area contributed by atoms with E-state index in [9.17, 15) is 4.79 Å². The molecule has 0 fully saturated rings. The van der Waals surface area contributed by atoms with E-state index >= 15 is 0 Å². The molecule has 2 aromatic rings. The Labute approximate surface area is 108 Å². The number of aromatic nitrogens is 4. The maximum absolute atomic E-state index is 11.7. The summed E-state index contributed by atoms with van der Waals surface area (Å²) in [5, 5.41) is 17.7. The number of rotatable bonds is 5. The number of hydrogen-bond acceptors (Lipinski definition) is 6. The van der Waals surface area contributed by atoms with E-state index in [1.165, 1.54) is 4.88 Å². The molecule has 2 N–H and O–H groups in total. The number of aromatic amines is 1. The number of likely N-dealkylation sites (N-methyl/N-ethyl adjacent to an activating group) is 1. The predicted octanol–water partition coefficient (Wildman–Crippen LogP) is 0.294. The lowest BCUT2D eigenvalue weighted by Crippen LogP contribution is -2.34. The second-order valence-corrected chi connectivity index (χ2v) is 4.92. The fraction of sp³-hybridized carbons (Fsp3) is 0.400. The van der Waals surface area contributed by atoms with Gasteiger partial charge in [-0.3, -0.25) is 4.79 Å². The molecule has 0 bridgehead atoms. The number of carbonyl (C=O) groups excluding carboxylic acids is 1. The molecule has 0 aliphatic heterocycles. The molecule has 96 valence electrons. The minimum atomic E-state index is -0.327. The second kappa shape index (κ2) is 5.69. The van der Waals surface area contributed by atoms with Crippen LogP contribution >= 0.6 is 11.3 Å². The maximum Gasteiger partial charge on any atom is 0.292 e. The van der Waals surface area contributed by atoms with Crippen molar-refractivity contribution in [1.29, 1.82) is 0 Å². The van der Waals surface area contributed by atoms with E-state index in [1.54, 1.807) is 11.3 Å². The molecular formula is C10H14N6OS. The Hall–Kier alpha value is -1.80. The van der Waals surface area contributed by atoms with Crippen LogP contribution in [-0.4, -0.2) is 52.1 Å². The molecule has 0 saturated heterocycles. The van der Waals surface area contributed by atoms with Gasteiger partial charge < -0.3 is 10.2 Å². The molecule has 2 aromatic heterocycles. The standard InChI is InChI=1S/C10H14N6OS/c1-16(2)7(8-4-3-5-18-8)6-11-10(17)9-12-14-15-13-9/h3-5,7H,6H2,1-2H3,(H,11,17)(H,12,13,14,15). The fourth-order valence-electron chi connectivity index (χ4n) is 1.54. The Balaban J connectivity index is 1.97. The first-order valence-electron chi connectivity index (χ1n) is 5.40. The lowest BCUT2D eigenvalue weighted by Gasteiger charge is -2.23. The van der Waals surface area contributed by atoms with Crippen LogP contribution in [-0.2, 0) is 0 Å². The van der Waals surface area contributed by atoms with Gasteiger partial charge in [0.1, 0.15) is 0 Å². The van der Waals surface area contributed by atoms with Gasteiger partial charge in [0, 0.05) is 11.4 Å². The third-order valence-corrected chi connectivity index (χ3v) is 3.47. The number of carbonyl (C=O) groups is 1. The smallest absolute Gasteiger partial charge is 0.292 e. The summed E-state index contributed by atoms with van der Waals surface area (Å²) in [6.45, 7) is 0.501. The van der Waals surface area contributed by atoms with Crippen molar-refractivity contribution in [2.75, 3.05) is 20.6 Å². The fourth-order valence-corrected chi connectivity index (χ4v) is 2.47. The number of nitrogens with one attached hydrogen (secondary N) is 2. The molecule has 18 heavy (non-hydrogen) atoms. The molecule has 1 atom stereocenters. The average Bonchev–Trinajstić information content (AvgIpc) is 3.01. The third-order valence-electron chi connectivity index (χ3n) is 2.50. The average molecular weight is 266 g/mol. The lowest BCUT2D eigenvalue weighted by atomic mass is 10.2. The molecule has 7 nitrogen and oxygen atoms in total. The molecule has 0 aliphatic carbocycles. The van der Waals surface area contributed by atoms with Gasteiger partial charge in [-0.25, -0.2) is 0 Å². The summed E-state index contributed by atoms with van der Waals surface area (Å²) < 4.78 is 0. The van der Waals surface area contributed by atoms with Crippen molar-refractivity contribution in [1.82, 2.24) is 30.8 Å². The van der Waals surface area contributed by atoms with Crippen molar-refractivity contribution in [2.45, 2.75) is 6.04 Å². The van der Waals surface area contributed by atoms with Crippen LogP contribution < -0.4 is 5.32 Å². The van der Waals surface area contributed by atoms with Crippen LogP contribution in [0.2, 0.25) is 0 Å². The Morgan fingerprint density at radius 3 is 3.00 bits per heavy atom. The first-order chi connectivity index (χ1) is 8.68. The number of nitrogens with zero attached hydrogens (tertiary/aromatic N) is 4. The van der Waals surface area contributed by atoms with Crippen molar-refractivity contribution in [3.8, 4) is 0 Å². The number of tetrazole rings is 1. The Morgan fingerprint density at radius 2 is 2.44 bits per heavy atom. The zero-order valence-electron chi connectivity index (χ0n) is 10.1. The van der Waals surface area contributed by atoms with Gasteiger partial charge in [-0.15, -0.1) is 21.5 Å². The van der Waals surface area contributed by atoms with Gasteiger partial charge in [0.15, 0.2) is 0 Å². The molecule has 0 radical (unpaired) electrons. The van der Waals surface area contributed by atoms with E-state index in [1.807, 2.05) is 25.5 Å². The van der Waals surface area contributed by atoms with Crippen molar-refractivity contribution in [3.63, 3.8) is 0 Å². The van der Waals surface area contributed by atoms with Crippen LogP contribution in [0.5, 0.6) is 0 Å². The van der Waals surface area contributed by atoms with Crippen LogP contribution in [0.15, 0.2) is 17.5 Å². The van der Waals surface area contributed by atoms with Crippen molar-refractivity contribution in [3.05, 3.63) is 28.2 Å². The second-order valence-electron chi connectivity index (χ2n) is 3.94. The highest BCUT2D eigenvalue weighted by molar-refractivity contribution is 7.10. The Morgan fingerprint density at radius 1 is 1.61 bits per heavy atom.